The molecule has 122 valence electrons. The third-order valence-corrected chi connectivity index (χ3v) is 3.36. The maximum Gasteiger partial charge on any atom is 0.228 e. The van der Waals surface area contributed by atoms with Crippen LogP contribution in [0.4, 0.5) is 5.69 Å². The van der Waals surface area contributed by atoms with Crippen LogP contribution in [0.15, 0.2) is 24.3 Å². The van der Waals surface area contributed by atoms with Gasteiger partial charge in [-0.15, -0.1) is 0 Å². The lowest BCUT2D eigenvalue weighted by atomic mass is 9.97. The Morgan fingerprint density at radius 1 is 1.32 bits per heavy atom. The topological polar surface area (TPSA) is 134 Å². The fourth-order valence-electron chi connectivity index (χ4n) is 2.17. The summed E-state index contributed by atoms with van der Waals surface area (Å²) < 4.78 is 10.8. The number of carbonyl (C=O) groups is 1. The first-order chi connectivity index (χ1) is 10.4. The second kappa shape index (κ2) is 7.03. The number of aliphatic hydroxyl groups excluding tert-OH is 3. The standard InChI is InChI=1S/C14H20N2O6/c1-7(18)16-8-2-4-9(5-3-8)21-14-13(20)11(15)12(19)10(6-17)22-14/h2-5,10-14,17,19-20H,6,15H2,1H3,(H,16,18)/t10?,11-,12-,13+,14+/m1/s1. The Labute approximate surface area is 127 Å². The molecule has 0 aliphatic carbocycles. The molecule has 0 bridgehead atoms. The summed E-state index contributed by atoms with van der Waals surface area (Å²) in [6.07, 6.45) is -4.46. The molecule has 1 saturated heterocycles. The van der Waals surface area contributed by atoms with Gasteiger partial charge in [-0.25, -0.2) is 0 Å². The quantitative estimate of drug-likeness (QED) is 0.471. The van der Waals surface area contributed by atoms with Crippen molar-refractivity contribution < 1.29 is 29.6 Å². The number of nitrogens with one attached hydrogen (secondary N) is 1. The molecule has 0 aromatic heterocycles. The highest BCUT2D eigenvalue weighted by molar-refractivity contribution is 5.88. The first kappa shape index (κ1) is 16.7. The minimum atomic E-state index is -1.24. The molecule has 1 heterocycles. The number of aliphatic hydroxyl groups is 3. The summed E-state index contributed by atoms with van der Waals surface area (Å²) in [6.45, 7) is 0.960. The maximum absolute atomic E-state index is 10.9. The van der Waals surface area contributed by atoms with Gasteiger partial charge in [0.25, 0.3) is 0 Å². The predicted molar refractivity (Wildman–Crippen MR) is 77.1 cm³/mol. The number of anilines is 1. The third kappa shape index (κ3) is 3.73. The first-order valence-corrected chi connectivity index (χ1v) is 6.84. The fraction of sp³-hybridized carbons (Fsp3) is 0.500. The fourth-order valence-corrected chi connectivity index (χ4v) is 2.17. The molecule has 1 aromatic carbocycles. The largest absolute Gasteiger partial charge is 0.462 e. The average molecular weight is 312 g/mol. The molecule has 8 heteroatoms. The van der Waals surface area contributed by atoms with Gasteiger partial charge in [-0.2, -0.15) is 0 Å². The lowest BCUT2D eigenvalue weighted by Crippen LogP contribution is -2.63. The van der Waals surface area contributed by atoms with Crippen LogP contribution in [0, 0.1) is 0 Å². The van der Waals surface area contributed by atoms with Crippen molar-refractivity contribution in [3.8, 4) is 5.75 Å². The second-order valence-corrected chi connectivity index (χ2v) is 5.11. The van der Waals surface area contributed by atoms with Crippen molar-refractivity contribution in [3.05, 3.63) is 24.3 Å². The molecule has 1 aliphatic rings. The molecule has 2 rings (SSSR count). The van der Waals surface area contributed by atoms with E-state index in [1.165, 1.54) is 6.92 Å². The second-order valence-electron chi connectivity index (χ2n) is 5.11. The summed E-state index contributed by atoms with van der Waals surface area (Å²) in [6, 6.07) is 5.45. The Kier molecular flexibility index (Phi) is 5.33. The molecule has 0 saturated carbocycles. The number of hydrogen-bond acceptors (Lipinski definition) is 7. The number of nitrogens with two attached hydrogens (primary N) is 1. The van der Waals surface area contributed by atoms with E-state index in [-0.39, 0.29) is 5.91 Å². The van der Waals surface area contributed by atoms with E-state index < -0.39 is 37.3 Å². The zero-order valence-corrected chi connectivity index (χ0v) is 12.0. The Morgan fingerprint density at radius 3 is 2.50 bits per heavy atom. The smallest absolute Gasteiger partial charge is 0.228 e. The minimum Gasteiger partial charge on any atom is -0.462 e. The minimum absolute atomic E-state index is 0.189. The van der Waals surface area contributed by atoms with Gasteiger partial charge in [-0.05, 0) is 24.3 Å². The summed E-state index contributed by atoms with van der Waals surface area (Å²) in [5.74, 6) is 0.198. The highest BCUT2D eigenvalue weighted by Crippen LogP contribution is 2.24. The van der Waals surface area contributed by atoms with Gasteiger partial charge in [0.05, 0.1) is 12.6 Å². The highest BCUT2D eigenvalue weighted by Gasteiger charge is 2.43. The van der Waals surface area contributed by atoms with Crippen LogP contribution in [-0.2, 0) is 9.53 Å². The van der Waals surface area contributed by atoms with Crippen molar-refractivity contribution in [2.24, 2.45) is 5.73 Å². The van der Waals surface area contributed by atoms with E-state index in [1.54, 1.807) is 24.3 Å². The summed E-state index contributed by atoms with van der Waals surface area (Å²) in [4.78, 5) is 10.9. The maximum atomic E-state index is 10.9. The molecular formula is C14H20N2O6. The molecule has 8 nitrogen and oxygen atoms in total. The van der Waals surface area contributed by atoms with Crippen LogP contribution in [-0.4, -0.2) is 58.5 Å². The van der Waals surface area contributed by atoms with Crippen LogP contribution < -0.4 is 15.8 Å². The third-order valence-electron chi connectivity index (χ3n) is 3.36. The van der Waals surface area contributed by atoms with Crippen LogP contribution in [0.5, 0.6) is 5.75 Å². The van der Waals surface area contributed by atoms with Crippen LogP contribution in [0.2, 0.25) is 0 Å². The summed E-state index contributed by atoms with van der Waals surface area (Å²) in [5, 5.41) is 31.5. The van der Waals surface area contributed by atoms with Gasteiger partial charge in [0.15, 0.2) is 0 Å². The Balaban J connectivity index is 2.04. The highest BCUT2D eigenvalue weighted by atomic mass is 16.7. The molecule has 1 unspecified atom stereocenters. The molecule has 1 aromatic rings. The Hall–Kier alpha value is -1.71. The zero-order chi connectivity index (χ0) is 16.3. The van der Waals surface area contributed by atoms with Crippen LogP contribution in [0.1, 0.15) is 6.92 Å². The normalized spacial score (nSPS) is 31.6. The monoisotopic (exact) mass is 312 g/mol. The van der Waals surface area contributed by atoms with Gasteiger partial charge in [0.1, 0.15) is 24.1 Å². The van der Waals surface area contributed by atoms with Crippen LogP contribution >= 0.6 is 0 Å². The number of amides is 1. The lowest BCUT2D eigenvalue weighted by Gasteiger charge is -2.40. The van der Waals surface area contributed by atoms with Crippen LogP contribution in [0.3, 0.4) is 0 Å². The molecule has 5 atom stereocenters. The molecule has 1 amide bonds. The van der Waals surface area contributed by atoms with Crippen molar-refractivity contribution in [2.45, 2.75) is 37.6 Å². The van der Waals surface area contributed by atoms with E-state index in [1.807, 2.05) is 0 Å². The van der Waals surface area contributed by atoms with E-state index in [0.29, 0.717) is 11.4 Å². The number of ether oxygens (including phenoxy) is 2. The first-order valence-electron chi connectivity index (χ1n) is 6.84. The van der Waals surface area contributed by atoms with E-state index in [0.717, 1.165) is 0 Å². The van der Waals surface area contributed by atoms with Gasteiger partial charge in [-0.3, -0.25) is 4.79 Å². The number of benzene rings is 1. The number of rotatable bonds is 4. The number of hydrogen-bond donors (Lipinski definition) is 5. The molecule has 22 heavy (non-hydrogen) atoms. The summed E-state index contributed by atoms with van der Waals surface area (Å²) in [5.41, 5.74) is 6.29. The van der Waals surface area contributed by atoms with Crippen molar-refractivity contribution in [1.82, 2.24) is 0 Å². The van der Waals surface area contributed by atoms with E-state index in [4.69, 9.17) is 20.3 Å². The molecule has 0 radical (unpaired) electrons. The van der Waals surface area contributed by atoms with Gasteiger partial charge in [0.2, 0.25) is 12.2 Å². The summed E-state index contributed by atoms with van der Waals surface area (Å²) >= 11 is 0. The van der Waals surface area contributed by atoms with Crippen LogP contribution in [0.25, 0.3) is 0 Å². The van der Waals surface area contributed by atoms with Crippen molar-refractivity contribution in [2.75, 3.05) is 11.9 Å². The Bertz CT molecular complexity index is 507. The average Bonchev–Trinajstić information content (AvgIpc) is 2.49. The summed E-state index contributed by atoms with van der Waals surface area (Å²) in [7, 11) is 0. The van der Waals surface area contributed by atoms with Crippen molar-refractivity contribution in [1.29, 1.82) is 0 Å². The SMILES string of the molecule is CC(=O)Nc1ccc(O[C@H]2OC(CO)[C@@H](O)[C@@H](N)[C@@H]2O)cc1. The van der Waals surface area contributed by atoms with Gasteiger partial charge >= 0.3 is 0 Å². The predicted octanol–water partition coefficient (Wildman–Crippen LogP) is -1.21. The van der Waals surface area contributed by atoms with E-state index in [9.17, 15) is 15.0 Å². The van der Waals surface area contributed by atoms with Gasteiger partial charge < -0.3 is 35.8 Å². The number of carbonyl (C=O) groups excluding carboxylic acids is 1. The molecule has 1 fully saturated rings. The lowest BCUT2D eigenvalue weighted by molar-refractivity contribution is -0.247. The van der Waals surface area contributed by atoms with E-state index >= 15 is 0 Å². The molecular weight excluding hydrogens is 292 g/mol. The van der Waals surface area contributed by atoms with Gasteiger partial charge in [-0.1, -0.05) is 0 Å². The van der Waals surface area contributed by atoms with E-state index in [2.05, 4.69) is 5.32 Å². The Morgan fingerprint density at radius 2 is 1.95 bits per heavy atom. The molecule has 0 spiro atoms. The molecule has 6 N–H and O–H groups in total. The van der Waals surface area contributed by atoms with Crippen molar-refractivity contribution >= 4 is 11.6 Å². The zero-order valence-electron chi connectivity index (χ0n) is 12.0. The van der Waals surface area contributed by atoms with Gasteiger partial charge in [0, 0.05) is 12.6 Å². The van der Waals surface area contributed by atoms with Crippen molar-refractivity contribution in [3.63, 3.8) is 0 Å². The molecule has 1 aliphatic heterocycles.